The van der Waals surface area contributed by atoms with Gasteiger partial charge >= 0.3 is 0 Å². The van der Waals surface area contributed by atoms with Crippen LogP contribution in [0.3, 0.4) is 0 Å². The van der Waals surface area contributed by atoms with Gasteiger partial charge < -0.3 is 0 Å². The zero-order chi connectivity index (χ0) is 11.0. The Kier molecular flexibility index (Phi) is 3.58. The maximum Gasteiger partial charge on any atom is -0.0203 e. The molecule has 0 N–H and O–H groups in total. The van der Waals surface area contributed by atoms with Crippen LogP contribution >= 0.6 is 8.58 Å². The average molecular weight is 238 g/mol. The van der Waals surface area contributed by atoms with Crippen LogP contribution in [0.1, 0.15) is 64.7 Å². The Morgan fingerprint density at radius 1 is 0.875 bits per heavy atom. The Bertz CT molecular complexity index is 236. The van der Waals surface area contributed by atoms with Gasteiger partial charge in [0.15, 0.2) is 0 Å². The van der Waals surface area contributed by atoms with Crippen molar-refractivity contribution in [2.45, 2.75) is 76.0 Å². The number of rotatable bonds is 0. The van der Waals surface area contributed by atoms with E-state index in [4.69, 9.17) is 0 Å². The summed E-state index contributed by atoms with van der Waals surface area (Å²) in [5, 5.41) is 0. The molecule has 3 aliphatic rings. The van der Waals surface area contributed by atoms with Gasteiger partial charge in [0.25, 0.3) is 0 Å². The van der Waals surface area contributed by atoms with Gasteiger partial charge in [-0.1, -0.05) is 39.0 Å². The van der Waals surface area contributed by atoms with Crippen LogP contribution in [0, 0.1) is 17.8 Å². The molecule has 5 unspecified atom stereocenters. The molecule has 6 atom stereocenters. The van der Waals surface area contributed by atoms with E-state index in [0.29, 0.717) is 0 Å². The summed E-state index contributed by atoms with van der Waals surface area (Å²) in [7, 11) is 1.34. The molecule has 0 nitrogen and oxygen atoms in total. The smallest absolute Gasteiger partial charge is 0.0203 e. The summed E-state index contributed by atoms with van der Waals surface area (Å²) >= 11 is 0. The van der Waals surface area contributed by atoms with E-state index < -0.39 is 0 Å². The molecule has 2 bridgehead atoms. The molecule has 3 rings (SSSR count). The van der Waals surface area contributed by atoms with Crippen molar-refractivity contribution in [3.05, 3.63) is 0 Å². The van der Waals surface area contributed by atoms with Crippen LogP contribution < -0.4 is 0 Å². The van der Waals surface area contributed by atoms with Gasteiger partial charge in [-0.05, 0) is 54.8 Å². The van der Waals surface area contributed by atoms with Crippen LogP contribution in [0.15, 0.2) is 0 Å². The van der Waals surface area contributed by atoms with Crippen molar-refractivity contribution in [2.24, 2.45) is 17.8 Å². The van der Waals surface area contributed by atoms with Crippen LogP contribution in [0.2, 0.25) is 0 Å². The van der Waals surface area contributed by atoms with Gasteiger partial charge in [0, 0.05) is 0 Å². The average Bonchev–Trinajstić information content (AvgIpc) is 2.56. The van der Waals surface area contributed by atoms with Crippen molar-refractivity contribution in [3.63, 3.8) is 0 Å². The summed E-state index contributed by atoms with van der Waals surface area (Å²) in [6.45, 7) is 2.51. The second-order valence-electron chi connectivity index (χ2n) is 6.69. The molecule has 1 heteroatoms. The topological polar surface area (TPSA) is 0 Å². The standard InChI is InChI=1S/C15H27P/c1-11-5-4-6-12-10-13-7-2-3-8-15(16-13)14(12)9-11/h11-16H,2-10H2,1H3/t11?,12?,13-,14?,15?/m1/s1. The largest absolute Gasteiger partial charge is 0.115 e. The molecular weight excluding hydrogens is 211 g/mol. The van der Waals surface area contributed by atoms with Gasteiger partial charge in [0.1, 0.15) is 0 Å². The van der Waals surface area contributed by atoms with E-state index in [1.54, 1.807) is 44.9 Å². The first kappa shape index (κ1) is 11.5. The fourth-order valence-electron chi connectivity index (χ4n) is 4.62. The molecule has 3 fully saturated rings. The third-order valence-corrected chi connectivity index (χ3v) is 7.56. The number of fused-ring (bicyclic) bond motifs is 4. The van der Waals surface area contributed by atoms with Crippen molar-refractivity contribution < 1.29 is 0 Å². The van der Waals surface area contributed by atoms with E-state index in [1.807, 2.05) is 0 Å². The molecule has 2 heterocycles. The molecule has 1 aliphatic carbocycles. The summed E-state index contributed by atoms with van der Waals surface area (Å²) in [6, 6.07) is 0. The maximum atomic E-state index is 2.51. The molecule has 1 saturated carbocycles. The third kappa shape index (κ3) is 2.33. The van der Waals surface area contributed by atoms with Gasteiger partial charge in [-0.2, -0.15) is 0 Å². The lowest BCUT2D eigenvalue weighted by molar-refractivity contribution is 0.252. The zero-order valence-electron chi connectivity index (χ0n) is 10.8. The molecule has 0 spiro atoms. The van der Waals surface area contributed by atoms with Crippen molar-refractivity contribution in [1.82, 2.24) is 0 Å². The Balaban J connectivity index is 1.77. The Morgan fingerprint density at radius 2 is 1.75 bits per heavy atom. The lowest BCUT2D eigenvalue weighted by Crippen LogP contribution is -2.32. The van der Waals surface area contributed by atoms with Gasteiger partial charge in [-0.25, -0.2) is 0 Å². The molecular formula is C15H27P. The van der Waals surface area contributed by atoms with E-state index in [-0.39, 0.29) is 0 Å². The summed E-state index contributed by atoms with van der Waals surface area (Å²) in [5.74, 6) is 3.31. The Hall–Kier alpha value is 0.430. The highest BCUT2D eigenvalue weighted by Crippen LogP contribution is 2.54. The van der Waals surface area contributed by atoms with Crippen LogP contribution in [-0.4, -0.2) is 11.3 Å². The van der Waals surface area contributed by atoms with Crippen molar-refractivity contribution in [1.29, 1.82) is 0 Å². The van der Waals surface area contributed by atoms with Crippen molar-refractivity contribution in [3.8, 4) is 0 Å². The van der Waals surface area contributed by atoms with E-state index in [2.05, 4.69) is 6.92 Å². The van der Waals surface area contributed by atoms with Gasteiger partial charge in [0.05, 0.1) is 0 Å². The first-order chi connectivity index (χ1) is 7.83. The highest BCUT2D eigenvalue weighted by Gasteiger charge is 2.39. The Labute approximate surface area is 103 Å². The van der Waals surface area contributed by atoms with E-state index in [9.17, 15) is 0 Å². The van der Waals surface area contributed by atoms with Gasteiger partial charge in [-0.15, -0.1) is 8.58 Å². The van der Waals surface area contributed by atoms with E-state index in [0.717, 1.165) is 29.1 Å². The van der Waals surface area contributed by atoms with Crippen molar-refractivity contribution >= 4 is 8.58 Å². The van der Waals surface area contributed by atoms with E-state index >= 15 is 0 Å². The molecule has 2 saturated heterocycles. The predicted octanol–water partition coefficient (Wildman–Crippen LogP) is 4.82. The molecule has 92 valence electrons. The highest BCUT2D eigenvalue weighted by molar-refractivity contribution is 7.39. The summed E-state index contributed by atoms with van der Waals surface area (Å²) in [4.78, 5) is 0. The Morgan fingerprint density at radius 3 is 2.69 bits per heavy atom. The van der Waals surface area contributed by atoms with Crippen LogP contribution in [-0.2, 0) is 0 Å². The SMILES string of the molecule is CC1CCCC2C[C@H]3CCCCC(P3)C2C1. The zero-order valence-corrected chi connectivity index (χ0v) is 11.8. The lowest BCUT2D eigenvalue weighted by Gasteiger charge is -2.41. The van der Waals surface area contributed by atoms with Crippen LogP contribution in [0.5, 0.6) is 0 Å². The third-order valence-electron chi connectivity index (χ3n) is 5.42. The van der Waals surface area contributed by atoms with E-state index in [1.165, 1.54) is 21.4 Å². The molecule has 0 amide bonds. The molecule has 2 aliphatic heterocycles. The molecule has 16 heavy (non-hydrogen) atoms. The minimum absolute atomic E-state index is 1.03. The van der Waals surface area contributed by atoms with Crippen LogP contribution in [0.25, 0.3) is 0 Å². The predicted molar refractivity (Wildman–Crippen MR) is 73.6 cm³/mol. The first-order valence-corrected chi connectivity index (χ1v) is 8.74. The monoisotopic (exact) mass is 238 g/mol. The summed E-state index contributed by atoms with van der Waals surface area (Å²) in [5.41, 5.74) is 2.31. The fourth-order valence-corrected chi connectivity index (χ4v) is 7.06. The maximum absolute atomic E-state index is 2.51. The minimum atomic E-state index is 1.03. The second-order valence-corrected chi connectivity index (χ2v) is 8.58. The quantitative estimate of drug-likeness (QED) is 0.531. The van der Waals surface area contributed by atoms with Crippen molar-refractivity contribution in [2.75, 3.05) is 0 Å². The van der Waals surface area contributed by atoms with Gasteiger partial charge in [0.2, 0.25) is 0 Å². The number of hydrogen-bond acceptors (Lipinski definition) is 0. The molecule has 0 aromatic heterocycles. The van der Waals surface area contributed by atoms with Crippen LogP contribution in [0.4, 0.5) is 0 Å². The normalized spacial score (nSPS) is 50.4. The summed E-state index contributed by atoms with van der Waals surface area (Å²) in [6.07, 6.45) is 14.1. The molecule has 0 radical (unpaired) electrons. The lowest BCUT2D eigenvalue weighted by atomic mass is 9.79. The van der Waals surface area contributed by atoms with Gasteiger partial charge in [-0.3, -0.25) is 0 Å². The first-order valence-electron chi connectivity index (χ1n) is 7.59. The minimum Gasteiger partial charge on any atom is -0.115 e. The molecule has 0 aromatic carbocycles. The summed E-state index contributed by atoms with van der Waals surface area (Å²) < 4.78 is 0. The number of hydrogen-bond donors (Lipinski definition) is 0. The molecule has 0 aromatic rings. The second kappa shape index (κ2) is 4.97. The highest BCUT2D eigenvalue weighted by atomic mass is 31.1. The fraction of sp³-hybridized carbons (Fsp3) is 1.00.